The predicted molar refractivity (Wildman–Crippen MR) is 107 cm³/mol. The summed E-state index contributed by atoms with van der Waals surface area (Å²) >= 11 is 1.45. The standard InChI is InChI=1S/C20H22N4O2S/c1-23(2)19(26)17-12-27-20-22-16(11-24(17)20)13-7-9-15(10-8-13)21-18(25)14-5-3-4-6-14/h7-12,14H,3-6H2,1-2H3,(H,21,25). The Hall–Kier alpha value is -2.67. The normalized spacial score (nSPS) is 14.6. The summed E-state index contributed by atoms with van der Waals surface area (Å²) in [5, 5.41) is 4.84. The summed E-state index contributed by atoms with van der Waals surface area (Å²) in [6.45, 7) is 0. The van der Waals surface area contributed by atoms with E-state index in [0.717, 1.165) is 47.6 Å². The molecule has 0 radical (unpaired) electrons. The summed E-state index contributed by atoms with van der Waals surface area (Å²) in [6, 6.07) is 7.71. The van der Waals surface area contributed by atoms with Crippen LogP contribution >= 0.6 is 11.3 Å². The molecule has 0 bridgehead atoms. The van der Waals surface area contributed by atoms with Crippen molar-refractivity contribution in [3.63, 3.8) is 0 Å². The largest absolute Gasteiger partial charge is 0.343 e. The molecule has 7 heteroatoms. The van der Waals surface area contributed by atoms with E-state index in [2.05, 4.69) is 10.3 Å². The number of aromatic nitrogens is 2. The van der Waals surface area contributed by atoms with E-state index in [9.17, 15) is 9.59 Å². The second-order valence-electron chi connectivity index (χ2n) is 7.15. The van der Waals surface area contributed by atoms with Crippen LogP contribution in [0, 0.1) is 5.92 Å². The molecule has 4 rings (SSSR count). The molecular formula is C20H22N4O2S. The maximum atomic E-state index is 12.3. The second-order valence-corrected chi connectivity index (χ2v) is 7.98. The second kappa shape index (κ2) is 7.15. The fourth-order valence-corrected chi connectivity index (χ4v) is 4.31. The Morgan fingerprint density at radius 2 is 1.89 bits per heavy atom. The Labute approximate surface area is 161 Å². The van der Waals surface area contributed by atoms with Gasteiger partial charge in [0.25, 0.3) is 5.91 Å². The number of hydrogen-bond donors (Lipinski definition) is 1. The summed E-state index contributed by atoms with van der Waals surface area (Å²) < 4.78 is 1.83. The van der Waals surface area contributed by atoms with Gasteiger partial charge in [-0.15, -0.1) is 11.3 Å². The lowest BCUT2D eigenvalue weighted by molar-refractivity contribution is -0.119. The van der Waals surface area contributed by atoms with E-state index in [-0.39, 0.29) is 17.7 Å². The molecule has 0 aliphatic heterocycles. The Morgan fingerprint density at radius 1 is 1.19 bits per heavy atom. The van der Waals surface area contributed by atoms with Gasteiger partial charge in [0, 0.05) is 42.8 Å². The molecule has 2 amide bonds. The molecule has 1 aliphatic rings. The Morgan fingerprint density at radius 3 is 2.56 bits per heavy atom. The van der Waals surface area contributed by atoms with Gasteiger partial charge in [-0.3, -0.25) is 14.0 Å². The number of nitrogens with zero attached hydrogens (tertiary/aromatic N) is 3. The summed E-state index contributed by atoms with van der Waals surface area (Å²) in [5.41, 5.74) is 3.18. The monoisotopic (exact) mass is 382 g/mol. The number of imidazole rings is 1. The number of amides is 2. The number of benzene rings is 1. The highest BCUT2D eigenvalue weighted by atomic mass is 32.1. The Bertz CT molecular complexity index is 981. The predicted octanol–water partition coefficient (Wildman–Crippen LogP) is 3.89. The minimum atomic E-state index is -0.0461. The first-order valence-electron chi connectivity index (χ1n) is 9.12. The van der Waals surface area contributed by atoms with Crippen molar-refractivity contribution in [1.29, 1.82) is 0 Å². The minimum absolute atomic E-state index is 0.0461. The number of fused-ring (bicyclic) bond motifs is 1. The highest BCUT2D eigenvalue weighted by Gasteiger charge is 2.22. The average molecular weight is 382 g/mol. The maximum absolute atomic E-state index is 12.3. The highest BCUT2D eigenvalue weighted by molar-refractivity contribution is 7.15. The van der Waals surface area contributed by atoms with Crippen molar-refractivity contribution in [3.8, 4) is 11.3 Å². The van der Waals surface area contributed by atoms with Crippen molar-refractivity contribution < 1.29 is 9.59 Å². The van der Waals surface area contributed by atoms with Gasteiger partial charge in [0.15, 0.2) is 4.96 Å². The number of rotatable bonds is 4. The van der Waals surface area contributed by atoms with Crippen LogP contribution in [0.15, 0.2) is 35.8 Å². The zero-order valence-corrected chi connectivity index (χ0v) is 16.3. The number of hydrogen-bond acceptors (Lipinski definition) is 4. The fourth-order valence-electron chi connectivity index (χ4n) is 3.46. The van der Waals surface area contributed by atoms with Crippen molar-refractivity contribution in [3.05, 3.63) is 41.5 Å². The average Bonchev–Trinajstić information content (AvgIpc) is 3.38. The van der Waals surface area contributed by atoms with Gasteiger partial charge >= 0.3 is 0 Å². The number of carbonyl (C=O) groups excluding carboxylic acids is 2. The molecule has 1 saturated carbocycles. The molecule has 1 aliphatic carbocycles. The number of anilines is 1. The van der Waals surface area contributed by atoms with Crippen LogP contribution in [0.2, 0.25) is 0 Å². The van der Waals surface area contributed by atoms with Crippen LogP contribution in [0.25, 0.3) is 16.2 Å². The Kier molecular flexibility index (Phi) is 4.70. The van der Waals surface area contributed by atoms with Crippen LogP contribution < -0.4 is 5.32 Å². The first-order valence-corrected chi connectivity index (χ1v) is 10.0. The van der Waals surface area contributed by atoms with Gasteiger partial charge in [-0.2, -0.15) is 0 Å². The van der Waals surface area contributed by atoms with E-state index in [1.165, 1.54) is 11.3 Å². The van der Waals surface area contributed by atoms with Crippen molar-refractivity contribution in [2.45, 2.75) is 25.7 Å². The third kappa shape index (κ3) is 3.47. The van der Waals surface area contributed by atoms with Gasteiger partial charge in [0.1, 0.15) is 5.69 Å². The lowest BCUT2D eigenvalue weighted by Gasteiger charge is -2.10. The zero-order chi connectivity index (χ0) is 19.0. The molecule has 0 atom stereocenters. The molecule has 3 aromatic rings. The van der Waals surface area contributed by atoms with Gasteiger partial charge < -0.3 is 10.2 Å². The van der Waals surface area contributed by atoms with Gasteiger partial charge in [0.05, 0.1) is 5.69 Å². The molecule has 1 N–H and O–H groups in total. The summed E-state index contributed by atoms with van der Waals surface area (Å²) in [4.78, 5) is 31.5. The molecule has 2 aromatic heterocycles. The van der Waals surface area contributed by atoms with Crippen LogP contribution in [0.3, 0.4) is 0 Å². The molecule has 27 heavy (non-hydrogen) atoms. The van der Waals surface area contributed by atoms with E-state index in [0.29, 0.717) is 5.69 Å². The quantitative estimate of drug-likeness (QED) is 0.744. The van der Waals surface area contributed by atoms with Crippen LogP contribution in [0.4, 0.5) is 5.69 Å². The minimum Gasteiger partial charge on any atom is -0.343 e. The SMILES string of the molecule is CN(C)C(=O)c1csc2nc(-c3ccc(NC(=O)C4CCCC4)cc3)cn12. The number of thiazole rings is 1. The lowest BCUT2D eigenvalue weighted by atomic mass is 10.1. The topological polar surface area (TPSA) is 66.7 Å². The van der Waals surface area contributed by atoms with Crippen molar-refractivity contribution in [1.82, 2.24) is 14.3 Å². The van der Waals surface area contributed by atoms with Crippen LogP contribution in [-0.2, 0) is 4.79 Å². The molecule has 0 spiro atoms. The summed E-state index contributed by atoms with van der Waals surface area (Å²) in [5.74, 6) is 0.224. The highest BCUT2D eigenvalue weighted by Crippen LogP contribution is 2.28. The van der Waals surface area contributed by atoms with E-state index in [4.69, 9.17) is 0 Å². The van der Waals surface area contributed by atoms with Crippen molar-refractivity contribution >= 4 is 33.8 Å². The Balaban J connectivity index is 1.53. The first-order chi connectivity index (χ1) is 13.0. The van der Waals surface area contributed by atoms with Gasteiger partial charge in [-0.05, 0) is 25.0 Å². The van der Waals surface area contributed by atoms with Gasteiger partial charge in [-0.1, -0.05) is 25.0 Å². The molecule has 0 saturated heterocycles. The molecule has 6 nitrogen and oxygen atoms in total. The molecule has 1 aromatic carbocycles. The smallest absolute Gasteiger partial charge is 0.271 e. The van der Waals surface area contributed by atoms with Crippen LogP contribution in [0.1, 0.15) is 36.2 Å². The van der Waals surface area contributed by atoms with Crippen molar-refractivity contribution in [2.75, 3.05) is 19.4 Å². The first kappa shape index (κ1) is 17.7. The number of nitrogens with one attached hydrogen (secondary N) is 1. The molecule has 140 valence electrons. The van der Waals surface area contributed by atoms with E-state index in [1.807, 2.05) is 40.2 Å². The lowest BCUT2D eigenvalue weighted by Crippen LogP contribution is -2.22. The maximum Gasteiger partial charge on any atom is 0.271 e. The fraction of sp³-hybridized carbons (Fsp3) is 0.350. The zero-order valence-electron chi connectivity index (χ0n) is 15.4. The molecule has 1 fully saturated rings. The van der Waals surface area contributed by atoms with Gasteiger partial charge in [0.2, 0.25) is 5.91 Å². The van der Waals surface area contributed by atoms with Crippen LogP contribution in [-0.4, -0.2) is 40.2 Å². The van der Waals surface area contributed by atoms with Crippen LogP contribution in [0.5, 0.6) is 0 Å². The third-order valence-corrected chi connectivity index (χ3v) is 5.85. The number of carbonyl (C=O) groups is 2. The van der Waals surface area contributed by atoms with E-state index < -0.39 is 0 Å². The molecule has 0 unspecified atom stereocenters. The molecule has 2 heterocycles. The van der Waals surface area contributed by atoms with Gasteiger partial charge in [-0.25, -0.2) is 4.98 Å². The third-order valence-electron chi connectivity index (χ3n) is 5.01. The molecular weight excluding hydrogens is 360 g/mol. The van der Waals surface area contributed by atoms with E-state index in [1.54, 1.807) is 19.0 Å². The van der Waals surface area contributed by atoms with E-state index >= 15 is 0 Å². The van der Waals surface area contributed by atoms with Crippen molar-refractivity contribution in [2.24, 2.45) is 5.92 Å². The summed E-state index contributed by atoms with van der Waals surface area (Å²) in [6.07, 6.45) is 6.15. The summed E-state index contributed by atoms with van der Waals surface area (Å²) in [7, 11) is 3.48.